The lowest BCUT2D eigenvalue weighted by molar-refractivity contribution is -0.117. The number of imide groups is 1. The van der Waals surface area contributed by atoms with E-state index < -0.39 is 0 Å². The first-order valence-corrected chi connectivity index (χ1v) is 5.82. The smallest absolute Gasteiger partial charge is 0.274 e. The molecule has 0 radical (unpaired) electrons. The van der Waals surface area contributed by atoms with Gasteiger partial charge in [0, 0.05) is 12.2 Å². The number of nitrogens with zero attached hydrogens (tertiary/aromatic N) is 1. The van der Waals surface area contributed by atoms with E-state index in [0.29, 0.717) is 12.1 Å². The summed E-state index contributed by atoms with van der Waals surface area (Å²) in [5, 5.41) is -0.163. The predicted molar refractivity (Wildman–Crippen MR) is 61.0 cm³/mol. The van der Waals surface area contributed by atoms with Crippen molar-refractivity contribution >= 4 is 28.6 Å². The second-order valence-corrected chi connectivity index (χ2v) is 4.33. The lowest BCUT2D eigenvalue weighted by Gasteiger charge is -2.17. The van der Waals surface area contributed by atoms with Gasteiger partial charge in [-0.3, -0.25) is 9.59 Å². The molecule has 0 N–H and O–H groups in total. The lowest BCUT2D eigenvalue weighted by Crippen LogP contribution is -2.32. The molecule has 1 saturated heterocycles. The summed E-state index contributed by atoms with van der Waals surface area (Å²) in [6.07, 6.45) is 1.23. The standard InChI is InChI=1S/C11H11NO2S/c13-10-7-4-8-15-11(14)12(10)9-5-2-1-3-6-9/h1-3,5-6H,4,7-8H2. The van der Waals surface area contributed by atoms with Gasteiger partial charge in [0.05, 0.1) is 5.69 Å². The Hall–Kier alpha value is -1.29. The molecule has 3 nitrogen and oxygen atoms in total. The highest BCUT2D eigenvalue weighted by Crippen LogP contribution is 2.24. The summed E-state index contributed by atoms with van der Waals surface area (Å²) >= 11 is 1.21. The van der Waals surface area contributed by atoms with Gasteiger partial charge in [-0.25, -0.2) is 4.90 Å². The zero-order valence-electron chi connectivity index (χ0n) is 8.18. The molecule has 0 saturated carbocycles. The van der Waals surface area contributed by atoms with Gasteiger partial charge < -0.3 is 0 Å². The minimum Gasteiger partial charge on any atom is -0.274 e. The van der Waals surface area contributed by atoms with Crippen molar-refractivity contribution in [3.63, 3.8) is 0 Å². The highest BCUT2D eigenvalue weighted by Gasteiger charge is 2.25. The second-order valence-electron chi connectivity index (χ2n) is 3.28. The molecule has 15 heavy (non-hydrogen) atoms. The van der Waals surface area contributed by atoms with Crippen LogP contribution in [0.2, 0.25) is 0 Å². The fourth-order valence-corrected chi connectivity index (χ4v) is 2.29. The molecule has 0 bridgehead atoms. The van der Waals surface area contributed by atoms with Crippen LogP contribution in [0, 0.1) is 0 Å². The molecule has 1 aliphatic heterocycles. The van der Waals surface area contributed by atoms with Crippen LogP contribution < -0.4 is 4.90 Å². The van der Waals surface area contributed by atoms with Crippen molar-refractivity contribution in [3.05, 3.63) is 30.3 Å². The number of para-hydroxylation sites is 1. The maximum atomic E-state index is 11.7. The predicted octanol–water partition coefficient (Wildman–Crippen LogP) is 2.67. The summed E-state index contributed by atoms with van der Waals surface area (Å²) in [5.74, 6) is 0.629. The van der Waals surface area contributed by atoms with Gasteiger partial charge >= 0.3 is 0 Å². The van der Waals surface area contributed by atoms with Gasteiger partial charge in [0.15, 0.2) is 0 Å². The molecular weight excluding hydrogens is 210 g/mol. The Morgan fingerprint density at radius 2 is 1.87 bits per heavy atom. The Bertz CT molecular complexity index is 359. The summed E-state index contributed by atoms with van der Waals surface area (Å²) in [6, 6.07) is 9.07. The topological polar surface area (TPSA) is 37.4 Å². The fourth-order valence-electron chi connectivity index (χ4n) is 1.49. The van der Waals surface area contributed by atoms with Crippen LogP contribution in [0.4, 0.5) is 10.5 Å². The number of carbonyl (C=O) groups excluding carboxylic acids is 2. The first-order valence-electron chi connectivity index (χ1n) is 4.84. The number of hydrogen-bond donors (Lipinski definition) is 0. The van der Waals surface area contributed by atoms with E-state index in [1.54, 1.807) is 12.1 Å². The fraction of sp³-hybridized carbons (Fsp3) is 0.273. The average Bonchev–Trinajstić information content (AvgIpc) is 2.41. The van der Waals surface area contributed by atoms with Crippen LogP contribution in [0.25, 0.3) is 0 Å². The zero-order chi connectivity index (χ0) is 10.7. The quantitative estimate of drug-likeness (QED) is 0.731. The van der Waals surface area contributed by atoms with E-state index in [-0.39, 0.29) is 11.1 Å². The van der Waals surface area contributed by atoms with Crippen LogP contribution in [0.15, 0.2) is 30.3 Å². The van der Waals surface area contributed by atoms with E-state index in [1.165, 1.54) is 16.7 Å². The van der Waals surface area contributed by atoms with E-state index in [4.69, 9.17) is 0 Å². The van der Waals surface area contributed by atoms with Gasteiger partial charge in [-0.05, 0) is 18.6 Å². The van der Waals surface area contributed by atoms with E-state index >= 15 is 0 Å². The third-order valence-corrected chi connectivity index (χ3v) is 3.13. The minimum absolute atomic E-state index is 0.101. The molecule has 0 atom stereocenters. The Morgan fingerprint density at radius 3 is 2.60 bits per heavy atom. The van der Waals surface area contributed by atoms with E-state index in [9.17, 15) is 9.59 Å². The van der Waals surface area contributed by atoms with E-state index in [2.05, 4.69) is 0 Å². The number of benzene rings is 1. The Morgan fingerprint density at radius 1 is 1.13 bits per heavy atom. The summed E-state index contributed by atoms with van der Waals surface area (Å²) in [6.45, 7) is 0. The van der Waals surface area contributed by atoms with E-state index in [0.717, 1.165) is 12.2 Å². The molecular formula is C11H11NO2S. The van der Waals surface area contributed by atoms with Crippen LogP contribution in [0.3, 0.4) is 0 Å². The molecule has 1 heterocycles. The van der Waals surface area contributed by atoms with Gasteiger partial charge in [0.25, 0.3) is 5.24 Å². The molecule has 78 valence electrons. The molecule has 1 fully saturated rings. The van der Waals surface area contributed by atoms with Gasteiger partial charge in [0.2, 0.25) is 5.91 Å². The van der Waals surface area contributed by atoms with Crippen LogP contribution in [-0.4, -0.2) is 16.9 Å². The number of anilines is 1. The number of thioether (sulfide) groups is 1. The number of rotatable bonds is 1. The van der Waals surface area contributed by atoms with Crippen LogP contribution in [0.1, 0.15) is 12.8 Å². The zero-order valence-corrected chi connectivity index (χ0v) is 9.00. The molecule has 4 heteroatoms. The average molecular weight is 221 g/mol. The van der Waals surface area contributed by atoms with Crippen molar-refractivity contribution in [2.45, 2.75) is 12.8 Å². The third kappa shape index (κ3) is 2.21. The van der Waals surface area contributed by atoms with Crippen molar-refractivity contribution in [2.24, 2.45) is 0 Å². The van der Waals surface area contributed by atoms with Crippen LogP contribution in [0.5, 0.6) is 0 Å². The number of hydrogen-bond acceptors (Lipinski definition) is 3. The molecule has 2 rings (SSSR count). The monoisotopic (exact) mass is 221 g/mol. The summed E-state index contributed by atoms with van der Waals surface area (Å²) in [4.78, 5) is 24.7. The largest absolute Gasteiger partial charge is 0.292 e. The molecule has 1 aliphatic rings. The molecule has 0 aliphatic carbocycles. The Balaban J connectivity index is 2.32. The molecule has 1 aromatic carbocycles. The summed E-state index contributed by atoms with van der Waals surface area (Å²) in [5.41, 5.74) is 0.668. The van der Waals surface area contributed by atoms with Crippen molar-refractivity contribution < 1.29 is 9.59 Å². The molecule has 0 spiro atoms. The van der Waals surface area contributed by atoms with Gasteiger partial charge in [-0.15, -0.1) is 0 Å². The van der Waals surface area contributed by atoms with Crippen LogP contribution >= 0.6 is 11.8 Å². The van der Waals surface area contributed by atoms with Gasteiger partial charge in [0.1, 0.15) is 0 Å². The molecule has 2 amide bonds. The van der Waals surface area contributed by atoms with Gasteiger partial charge in [-0.1, -0.05) is 30.0 Å². The molecule has 0 unspecified atom stereocenters. The first-order chi connectivity index (χ1) is 7.29. The van der Waals surface area contributed by atoms with Crippen molar-refractivity contribution in [1.82, 2.24) is 0 Å². The Labute approximate surface area is 92.5 Å². The lowest BCUT2D eigenvalue weighted by atomic mass is 10.2. The summed E-state index contributed by atoms with van der Waals surface area (Å²) in [7, 11) is 0. The maximum absolute atomic E-state index is 11.7. The molecule has 1 aromatic rings. The highest BCUT2D eigenvalue weighted by atomic mass is 32.2. The highest BCUT2D eigenvalue weighted by molar-refractivity contribution is 8.14. The third-order valence-electron chi connectivity index (χ3n) is 2.21. The van der Waals surface area contributed by atoms with Crippen molar-refractivity contribution in [3.8, 4) is 0 Å². The van der Waals surface area contributed by atoms with Crippen molar-refractivity contribution in [2.75, 3.05) is 10.7 Å². The Kier molecular flexibility index (Phi) is 3.06. The van der Waals surface area contributed by atoms with Crippen molar-refractivity contribution in [1.29, 1.82) is 0 Å². The molecule has 0 aromatic heterocycles. The minimum atomic E-state index is -0.163. The van der Waals surface area contributed by atoms with Crippen LogP contribution in [-0.2, 0) is 4.79 Å². The SMILES string of the molecule is O=C1CCCSC(=O)N1c1ccccc1. The first kappa shape index (κ1) is 10.2. The van der Waals surface area contributed by atoms with E-state index in [1.807, 2.05) is 18.2 Å². The second kappa shape index (κ2) is 4.49. The number of amides is 2. The summed E-state index contributed by atoms with van der Waals surface area (Å²) < 4.78 is 0. The normalized spacial score (nSPS) is 17.7. The van der Waals surface area contributed by atoms with Gasteiger partial charge in [-0.2, -0.15) is 0 Å². The maximum Gasteiger partial charge on any atom is 0.292 e. The number of carbonyl (C=O) groups is 2.